The Bertz CT molecular complexity index is 143. The Kier molecular flexibility index (Phi) is 3.69. The van der Waals surface area contributed by atoms with Crippen LogP contribution < -0.4 is 0 Å². The van der Waals surface area contributed by atoms with E-state index in [1.54, 1.807) is 0 Å². The third-order valence-corrected chi connectivity index (χ3v) is 1.22. The van der Waals surface area contributed by atoms with Crippen molar-refractivity contribution < 1.29 is 0 Å². The molecule has 0 atom stereocenters. The van der Waals surface area contributed by atoms with Gasteiger partial charge in [0.05, 0.1) is 0 Å². The van der Waals surface area contributed by atoms with E-state index in [4.69, 9.17) is 0 Å². The maximum atomic E-state index is 2.12. The predicted octanol–water partition coefficient (Wildman–Crippen LogP) is 1.65. The number of aryl methyl sites for hydroxylation is 2. The molecule has 1 aromatic rings. The van der Waals surface area contributed by atoms with E-state index in [0.717, 1.165) is 0 Å². The van der Waals surface area contributed by atoms with Crippen molar-refractivity contribution in [3.8, 4) is 0 Å². The van der Waals surface area contributed by atoms with Crippen molar-refractivity contribution in [3.63, 3.8) is 0 Å². The Labute approximate surface area is 68.5 Å². The maximum absolute atomic E-state index is 2.12. The Morgan fingerprint density at radius 2 is 1.00 bits per heavy atom. The van der Waals surface area contributed by atoms with Gasteiger partial charge >= 0.3 is 18.9 Å². The fourth-order valence-corrected chi connectivity index (χ4v) is 0.637. The molecule has 0 aliphatic carbocycles. The van der Waals surface area contributed by atoms with Crippen LogP contribution in [-0.2, 0) is 0 Å². The van der Waals surface area contributed by atoms with Gasteiger partial charge in [-0.05, 0) is 13.8 Å². The van der Waals surface area contributed by atoms with Gasteiger partial charge in [-0.25, -0.2) is 0 Å². The molecule has 0 saturated carbocycles. The Balaban J connectivity index is 0.000000640. The molecule has 0 heterocycles. The van der Waals surface area contributed by atoms with Crippen LogP contribution in [-0.4, -0.2) is 18.9 Å². The third kappa shape index (κ3) is 2.74. The minimum atomic E-state index is 0. The Morgan fingerprint density at radius 3 is 1.22 bits per heavy atom. The first-order chi connectivity index (χ1) is 3.79. The summed E-state index contributed by atoms with van der Waals surface area (Å²) in [6, 6.07) is 8.48. The molecule has 0 nitrogen and oxygen atoms in total. The summed E-state index contributed by atoms with van der Waals surface area (Å²) in [6.45, 7) is 4.19. The number of rotatable bonds is 0. The summed E-state index contributed by atoms with van der Waals surface area (Å²) in [5.41, 5.74) is 2.66. The molecule has 0 unspecified atom stereocenters. The van der Waals surface area contributed by atoms with Gasteiger partial charge < -0.3 is 0 Å². The fraction of sp³-hybridized carbons (Fsp3) is 0.250. The van der Waals surface area contributed by atoms with Crippen molar-refractivity contribution in [2.24, 2.45) is 0 Å². The molecular formula is C8H11Li. The van der Waals surface area contributed by atoms with Crippen molar-refractivity contribution in [1.29, 1.82) is 0 Å². The summed E-state index contributed by atoms with van der Waals surface area (Å²) in [5.74, 6) is 0. The monoisotopic (exact) mass is 114 g/mol. The van der Waals surface area contributed by atoms with Gasteiger partial charge in [0.15, 0.2) is 0 Å². The van der Waals surface area contributed by atoms with Gasteiger partial charge in [0.25, 0.3) is 0 Å². The van der Waals surface area contributed by atoms with E-state index >= 15 is 0 Å². The molecular weight excluding hydrogens is 103 g/mol. The standard InChI is InChI=1S/C8H10.Li.H/c1-7-3-5-8(2)6-4-7;;/h3-6H,1-2H3;;. The first kappa shape index (κ1) is 8.82. The average molecular weight is 114 g/mol. The molecule has 0 aliphatic rings. The van der Waals surface area contributed by atoms with Crippen LogP contribution >= 0.6 is 0 Å². The van der Waals surface area contributed by atoms with Gasteiger partial charge in [-0.2, -0.15) is 0 Å². The molecule has 0 fully saturated rings. The molecule has 0 radical (unpaired) electrons. The molecule has 1 aromatic carbocycles. The van der Waals surface area contributed by atoms with Crippen LogP contribution in [0.25, 0.3) is 0 Å². The molecule has 0 aliphatic heterocycles. The topological polar surface area (TPSA) is 0 Å². The Hall–Kier alpha value is -0.183. The van der Waals surface area contributed by atoms with Crippen LogP contribution in [0.1, 0.15) is 11.1 Å². The molecule has 0 N–H and O–H groups in total. The van der Waals surface area contributed by atoms with Gasteiger partial charge in [0, 0.05) is 0 Å². The first-order valence-electron chi connectivity index (χ1n) is 2.82. The fourth-order valence-electron chi connectivity index (χ4n) is 0.637. The van der Waals surface area contributed by atoms with Crippen LogP contribution in [0.15, 0.2) is 24.3 Å². The van der Waals surface area contributed by atoms with Gasteiger partial charge in [-0.3, -0.25) is 0 Å². The predicted molar refractivity (Wildman–Crippen MR) is 43.1 cm³/mol. The van der Waals surface area contributed by atoms with Gasteiger partial charge in [-0.1, -0.05) is 35.4 Å². The van der Waals surface area contributed by atoms with Gasteiger partial charge in [0.1, 0.15) is 0 Å². The van der Waals surface area contributed by atoms with Crippen LogP contribution in [0, 0.1) is 13.8 Å². The van der Waals surface area contributed by atoms with E-state index in [9.17, 15) is 0 Å². The quantitative estimate of drug-likeness (QED) is 0.450. The Morgan fingerprint density at radius 1 is 0.778 bits per heavy atom. The number of hydrogen-bond donors (Lipinski definition) is 0. The minimum absolute atomic E-state index is 0. The van der Waals surface area contributed by atoms with E-state index in [1.165, 1.54) is 11.1 Å². The van der Waals surface area contributed by atoms with E-state index in [1.807, 2.05) is 0 Å². The van der Waals surface area contributed by atoms with Crippen molar-refractivity contribution in [3.05, 3.63) is 35.4 Å². The first-order valence-corrected chi connectivity index (χ1v) is 2.82. The van der Waals surface area contributed by atoms with Crippen molar-refractivity contribution >= 4 is 18.9 Å². The summed E-state index contributed by atoms with van der Waals surface area (Å²) >= 11 is 0. The van der Waals surface area contributed by atoms with Crippen molar-refractivity contribution in [2.75, 3.05) is 0 Å². The zero-order valence-electron chi connectivity index (χ0n) is 5.31. The van der Waals surface area contributed by atoms with Crippen LogP contribution in [0.4, 0.5) is 0 Å². The molecule has 0 amide bonds. The molecule has 1 rings (SSSR count). The second kappa shape index (κ2) is 3.77. The summed E-state index contributed by atoms with van der Waals surface area (Å²) in [6.07, 6.45) is 0. The molecule has 0 saturated heterocycles. The zero-order chi connectivity index (χ0) is 5.98. The second-order valence-corrected chi connectivity index (χ2v) is 2.15. The van der Waals surface area contributed by atoms with Crippen LogP contribution in [0.2, 0.25) is 0 Å². The average Bonchev–Trinajstić information content (AvgIpc) is 1.77. The summed E-state index contributed by atoms with van der Waals surface area (Å²) in [5, 5.41) is 0. The van der Waals surface area contributed by atoms with Gasteiger partial charge in [0.2, 0.25) is 0 Å². The van der Waals surface area contributed by atoms with Crippen LogP contribution in [0.3, 0.4) is 0 Å². The molecule has 0 bridgehead atoms. The van der Waals surface area contributed by atoms with Gasteiger partial charge in [-0.15, -0.1) is 0 Å². The molecule has 1 heteroatoms. The van der Waals surface area contributed by atoms with Crippen LogP contribution in [0.5, 0.6) is 0 Å². The molecule has 0 aromatic heterocycles. The summed E-state index contributed by atoms with van der Waals surface area (Å²) in [4.78, 5) is 0. The second-order valence-electron chi connectivity index (χ2n) is 2.15. The van der Waals surface area contributed by atoms with Crippen molar-refractivity contribution in [2.45, 2.75) is 13.8 Å². The zero-order valence-corrected chi connectivity index (χ0v) is 5.31. The van der Waals surface area contributed by atoms with E-state index in [-0.39, 0.29) is 18.9 Å². The number of hydrogen-bond acceptors (Lipinski definition) is 0. The summed E-state index contributed by atoms with van der Waals surface area (Å²) < 4.78 is 0. The third-order valence-electron chi connectivity index (χ3n) is 1.22. The number of benzene rings is 1. The van der Waals surface area contributed by atoms with E-state index in [2.05, 4.69) is 38.1 Å². The molecule has 44 valence electrons. The SMILES string of the molecule is Cc1ccc(C)cc1.[LiH]. The van der Waals surface area contributed by atoms with Crippen molar-refractivity contribution in [1.82, 2.24) is 0 Å². The summed E-state index contributed by atoms with van der Waals surface area (Å²) in [7, 11) is 0. The molecule has 9 heavy (non-hydrogen) atoms. The normalized spacial score (nSPS) is 8.22. The molecule has 0 spiro atoms. The van der Waals surface area contributed by atoms with E-state index in [0.29, 0.717) is 0 Å². The van der Waals surface area contributed by atoms with E-state index < -0.39 is 0 Å².